The van der Waals surface area contributed by atoms with Crippen molar-refractivity contribution < 1.29 is 19.4 Å². The van der Waals surface area contributed by atoms with Gasteiger partial charge < -0.3 is 19.9 Å². The number of hydrogen-bond acceptors (Lipinski definition) is 5. The summed E-state index contributed by atoms with van der Waals surface area (Å²) in [6.45, 7) is 4.52. The Morgan fingerprint density at radius 2 is 1.95 bits per heavy atom. The van der Waals surface area contributed by atoms with Gasteiger partial charge in [0.15, 0.2) is 6.10 Å². The van der Waals surface area contributed by atoms with Crippen molar-refractivity contribution in [3.8, 4) is 0 Å². The average molecular weight is 298 g/mol. The fourth-order valence-electron chi connectivity index (χ4n) is 2.99. The van der Waals surface area contributed by atoms with Gasteiger partial charge in [0, 0.05) is 25.7 Å². The third-order valence-corrected chi connectivity index (χ3v) is 4.53. The highest BCUT2D eigenvalue weighted by Crippen LogP contribution is 2.24. The number of aliphatic hydroxyl groups is 1. The standard InChI is InChI=1S/C15H26N2O4/c18-13-4-3-12(5-6-17-7-9-20-10-8-17)21-14(13)15(19)16-11-1-2-11/h11-14,18H,1-10H2,(H,16,19). The largest absolute Gasteiger partial charge is 0.390 e. The number of nitrogens with one attached hydrogen (secondary N) is 1. The summed E-state index contributed by atoms with van der Waals surface area (Å²) in [5, 5.41) is 12.9. The molecule has 1 saturated carbocycles. The number of morpholine rings is 1. The molecule has 3 atom stereocenters. The van der Waals surface area contributed by atoms with Gasteiger partial charge in [-0.3, -0.25) is 9.69 Å². The highest BCUT2D eigenvalue weighted by atomic mass is 16.5. The lowest BCUT2D eigenvalue weighted by Gasteiger charge is -2.34. The molecule has 3 fully saturated rings. The summed E-state index contributed by atoms with van der Waals surface area (Å²) in [6, 6.07) is 0.307. The molecule has 120 valence electrons. The maximum atomic E-state index is 12.1. The van der Waals surface area contributed by atoms with Crippen LogP contribution in [0.15, 0.2) is 0 Å². The molecule has 2 N–H and O–H groups in total. The number of rotatable bonds is 5. The zero-order valence-corrected chi connectivity index (χ0v) is 12.5. The lowest BCUT2D eigenvalue weighted by molar-refractivity contribution is -0.159. The third-order valence-electron chi connectivity index (χ3n) is 4.53. The maximum absolute atomic E-state index is 12.1. The van der Waals surface area contributed by atoms with E-state index in [0.717, 1.165) is 58.5 Å². The molecule has 2 aliphatic heterocycles. The monoisotopic (exact) mass is 298 g/mol. The minimum atomic E-state index is -0.686. The van der Waals surface area contributed by atoms with Crippen molar-refractivity contribution in [3.63, 3.8) is 0 Å². The molecule has 2 saturated heterocycles. The number of carbonyl (C=O) groups excluding carboxylic acids is 1. The molecule has 3 unspecified atom stereocenters. The number of carbonyl (C=O) groups is 1. The van der Waals surface area contributed by atoms with Gasteiger partial charge in [0.1, 0.15) is 0 Å². The summed E-state index contributed by atoms with van der Waals surface area (Å²) in [5.74, 6) is -0.138. The molecule has 0 radical (unpaired) electrons. The molecule has 1 aliphatic carbocycles. The van der Waals surface area contributed by atoms with Crippen molar-refractivity contribution in [1.29, 1.82) is 0 Å². The van der Waals surface area contributed by atoms with Crippen LogP contribution in [0.25, 0.3) is 0 Å². The SMILES string of the molecule is O=C(NC1CC1)C1OC(CCN2CCOCC2)CCC1O. The number of ether oxygens (including phenoxy) is 2. The van der Waals surface area contributed by atoms with Crippen molar-refractivity contribution in [2.24, 2.45) is 0 Å². The molecule has 2 heterocycles. The van der Waals surface area contributed by atoms with Gasteiger partial charge in [0.05, 0.1) is 25.4 Å². The molecule has 21 heavy (non-hydrogen) atoms. The van der Waals surface area contributed by atoms with Gasteiger partial charge in [-0.1, -0.05) is 0 Å². The van der Waals surface area contributed by atoms with E-state index >= 15 is 0 Å². The van der Waals surface area contributed by atoms with Crippen LogP contribution in [0, 0.1) is 0 Å². The van der Waals surface area contributed by atoms with E-state index in [-0.39, 0.29) is 12.0 Å². The number of nitrogens with zero attached hydrogens (tertiary/aromatic N) is 1. The van der Waals surface area contributed by atoms with E-state index in [1.807, 2.05) is 0 Å². The lowest BCUT2D eigenvalue weighted by atomic mass is 9.98. The molecule has 6 nitrogen and oxygen atoms in total. The zero-order valence-electron chi connectivity index (χ0n) is 12.5. The zero-order chi connectivity index (χ0) is 14.7. The summed E-state index contributed by atoms with van der Waals surface area (Å²) in [6.07, 6.45) is 3.22. The molecule has 0 aromatic heterocycles. The molecule has 3 rings (SSSR count). The van der Waals surface area contributed by atoms with E-state index in [4.69, 9.17) is 9.47 Å². The van der Waals surface area contributed by atoms with E-state index in [2.05, 4.69) is 10.2 Å². The van der Waals surface area contributed by atoms with Crippen molar-refractivity contribution in [3.05, 3.63) is 0 Å². The Labute approximate surface area is 125 Å². The van der Waals surface area contributed by atoms with Crippen molar-refractivity contribution in [2.75, 3.05) is 32.8 Å². The van der Waals surface area contributed by atoms with E-state index in [0.29, 0.717) is 12.5 Å². The second-order valence-corrected chi connectivity index (χ2v) is 6.35. The summed E-state index contributed by atoms with van der Waals surface area (Å²) < 4.78 is 11.2. The van der Waals surface area contributed by atoms with Crippen molar-refractivity contribution >= 4 is 5.91 Å². The first-order chi connectivity index (χ1) is 10.2. The Bertz CT molecular complexity index is 356. The van der Waals surface area contributed by atoms with Crippen LogP contribution in [-0.2, 0) is 14.3 Å². The molecule has 0 aromatic carbocycles. The summed E-state index contributed by atoms with van der Waals surface area (Å²) in [5.41, 5.74) is 0. The van der Waals surface area contributed by atoms with Gasteiger partial charge >= 0.3 is 0 Å². The van der Waals surface area contributed by atoms with Gasteiger partial charge in [-0.05, 0) is 32.1 Å². The first-order valence-corrected chi connectivity index (χ1v) is 8.16. The minimum absolute atomic E-state index is 0.0752. The Balaban J connectivity index is 1.44. The second kappa shape index (κ2) is 7.05. The predicted molar refractivity (Wildman–Crippen MR) is 76.9 cm³/mol. The summed E-state index contributed by atoms with van der Waals surface area (Å²) in [7, 11) is 0. The van der Waals surface area contributed by atoms with Crippen molar-refractivity contribution in [2.45, 2.75) is 56.5 Å². The van der Waals surface area contributed by atoms with Crippen LogP contribution < -0.4 is 5.32 Å². The van der Waals surface area contributed by atoms with Crippen molar-refractivity contribution in [1.82, 2.24) is 10.2 Å². The van der Waals surface area contributed by atoms with Gasteiger partial charge in [-0.15, -0.1) is 0 Å². The normalized spacial score (nSPS) is 34.6. The van der Waals surface area contributed by atoms with E-state index in [9.17, 15) is 9.90 Å². The van der Waals surface area contributed by atoms with Crippen LogP contribution in [0.2, 0.25) is 0 Å². The molecular formula is C15H26N2O4. The fraction of sp³-hybridized carbons (Fsp3) is 0.933. The quantitative estimate of drug-likeness (QED) is 0.741. The van der Waals surface area contributed by atoms with Gasteiger partial charge in [-0.25, -0.2) is 0 Å². The highest BCUT2D eigenvalue weighted by molar-refractivity contribution is 5.82. The first kappa shape index (κ1) is 15.2. The van der Waals surface area contributed by atoms with Gasteiger partial charge in [0.2, 0.25) is 0 Å². The Hall–Kier alpha value is -0.690. The Morgan fingerprint density at radius 3 is 2.67 bits per heavy atom. The molecule has 1 amide bonds. The van der Waals surface area contributed by atoms with Crippen LogP contribution >= 0.6 is 0 Å². The smallest absolute Gasteiger partial charge is 0.252 e. The fourth-order valence-corrected chi connectivity index (χ4v) is 2.99. The maximum Gasteiger partial charge on any atom is 0.252 e. The summed E-state index contributed by atoms with van der Waals surface area (Å²) in [4.78, 5) is 14.5. The predicted octanol–water partition coefficient (Wildman–Crippen LogP) is -0.104. The van der Waals surface area contributed by atoms with Crippen LogP contribution in [0.1, 0.15) is 32.1 Å². The van der Waals surface area contributed by atoms with E-state index in [1.54, 1.807) is 0 Å². The van der Waals surface area contributed by atoms with Gasteiger partial charge in [0.25, 0.3) is 5.91 Å². The number of amides is 1. The Morgan fingerprint density at radius 1 is 1.19 bits per heavy atom. The molecule has 3 aliphatic rings. The van der Waals surface area contributed by atoms with Crippen LogP contribution in [0.4, 0.5) is 0 Å². The van der Waals surface area contributed by atoms with Crippen LogP contribution in [0.3, 0.4) is 0 Å². The highest BCUT2D eigenvalue weighted by Gasteiger charge is 2.37. The third kappa shape index (κ3) is 4.39. The van der Waals surface area contributed by atoms with Crippen LogP contribution in [0.5, 0.6) is 0 Å². The topological polar surface area (TPSA) is 71.0 Å². The van der Waals surface area contributed by atoms with E-state index in [1.165, 1.54) is 0 Å². The lowest BCUT2D eigenvalue weighted by Crippen LogP contribution is -2.50. The first-order valence-electron chi connectivity index (χ1n) is 8.16. The Kier molecular flexibility index (Phi) is 5.11. The van der Waals surface area contributed by atoms with Gasteiger partial charge in [-0.2, -0.15) is 0 Å². The molecule has 6 heteroatoms. The van der Waals surface area contributed by atoms with E-state index < -0.39 is 12.2 Å². The molecule has 0 aromatic rings. The molecular weight excluding hydrogens is 272 g/mol. The minimum Gasteiger partial charge on any atom is -0.390 e. The molecule has 0 spiro atoms. The molecule has 0 bridgehead atoms. The van der Waals surface area contributed by atoms with Crippen LogP contribution in [-0.4, -0.2) is 73.1 Å². The second-order valence-electron chi connectivity index (χ2n) is 6.35. The number of aliphatic hydroxyl groups excluding tert-OH is 1. The average Bonchev–Trinajstić information content (AvgIpc) is 3.31. The number of hydrogen-bond donors (Lipinski definition) is 2. The summed E-state index contributed by atoms with van der Waals surface area (Å²) >= 11 is 0.